The average molecular weight is 248 g/mol. The van der Waals surface area contributed by atoms with Gasteiger partial charge in [-0.15, -0.1) is 0 Å². The topological polar surface area (TPSA) is 63.5 Å². The summed E-state index contributed by atoms with van der Waals surface area (Å²) in [6.07, 6.45) is 1.93. The van der Waals surface area contributed by atoms with Crippen molar-refractivity contribution in [3.63, 3.8) is 0 Å². The van der Waals surface area contributed by atoms with Gasteiger partial charge in [0.1, 0.15) is 5.56 Å². The van der Waals surface area contributed by atoms with Crippen LogP contribution in [0, 0.1) is 16.0 Å². The van der Waals surface area contributed by atoms with Crippen molar-refractivity contribution in [3.05, 3.63) is 39.9 Å². The lowest BCUT2D eigenvalue weighted by molar-refractivity contribution is -0.385. The Morgan fingerprint density at radius 1 is 1.33 bits per heavy atom. The van der Waals surface area contributed by atoms with E-state index in [2.05, 4.69) is 6.92 Å². The van der Waals surface area contributed by atoms with Gasteiger partial charge in [0.15, 0.2) is 0 Å². The molecule has 2 rings (SSSR count). The van der Waals surface area contributed by atoms with Crippen LogP contribution in [0.3, 0.4) is 0 Å². The summed E-state index contributed by atoms with van der Waals surface area (Å²) in [4.78, 5) is 24.4. The molecule has 0 N–H and O–H groups in total. The molecule has 0 aliphatic carbocycles. The van der Waals surface area contributed by atoms with E-state index in [1.54, 1.807) is 17.0 Å². The zero-order valence-corrected chi connectivity index (χ0v) is 10.3. The number of piperidine rings is 1. The lowest BCUT2D eigenvalue weighted by Crippen LogP contribution is -2.38. The lowest BCUT2D eigenvalue weighted by atomic mass is 9.98. The third kappa shape index (κ3) is 2.50. The van der Waals surface area contributed by atoms with Crippen molar-refractivity contribution in [1.29, 1.82) is 0 Å². The van der Waals surface area contributed by atoms with E-state index in [4.69, 9.17) is 0 Å². The van der Waals surface area contributed by atoms with Crippen LogP contribution in [0.4, 0.5) is 5.69 Å². The van der Waals surface area contributed by atoms with E-state index in [0.29, 0.717) is 19.0 Å². The van der Waals surface area contributed by atoms with Gasteiger partial charge in [0.2, 0.25) is 0 Å². The third-order valence-electron chi connectivity index (χ3n) is 3.40. The van der Waals surface area contributed by atoms with Gasteiger partial charge in [-0.1, -0.05) is 19.1 Å². The number of likely N-dealkylation sites (tertiary alicyclic amines) is 1. The summed E-state index contributed by atoms with van der Waals surface area (Å²) in [5.41, 5.74) is 0.0816. The number of nitrogens with zero attached hydrogens (tertiary/aromatic N) is 2. The molecule has 0 atom stereocenters. The molecule has 18 heavy (non-hydrogen) atoms. The van der Waals surface area contributed by atoms with Crippen LogP contribution in [0.15, 0.2) is 24.3 Å². The first-order valence-electron chi connectivity index (χ1n) is 6.12. The summed E-state index contributed by atoms with van der Waals surface area (Å²) < 4.78 is 0. The molecule has 0 radical (unpaired) electrons. The molecular formula is C13H16N2O3. The van der Waals surface area contributed by atoms with E-state index >= 15 is 0 Å². The molecule has 1 aliphatic heterocycles. The predicted molar refractivity (Wildman–Crippen MR) is 67.4 cm³/mol. The van der Waals surface area contributed by atoms with Gasteiger partial charge in [-0.2, -0.15) is 0 Å². The minimum absolute atomic E-state index is 0.110. The minimum Gasteiger partial charge on any atom is -0.338 e. The van der Waals surface area contributed by atoms with Crippen LogP contribution in [-0.4, -0.2) is 28.8 Å². The number of nitro benzene ring substituents is 1. The van der Waals surface area contributed by atoms with Crippen molar-refractivity contribution in [1.82, 2.24) is 4.90 Å². The highest BCUT2D eigenvalue weighted by Gasteiger charge is 2.26. The molecule has 1 heterocycles. The van der Waals surface area contributed by atoms with Crippen LogP contribution in [0.25, 0.3) is 0 Å². The summed E-state index contributed by atoms with van der Waals surface area (Å²) in [6, 6.07) is 6.14. The number of carbonyl (C=O) groups is 1. The van der Waals surface area contributed by atoms with Gasteiger partial charge >= 0.3 is 0 Å². The van der Waals surface area contributed by atoms with Crippen molar-refractivity contribution >= 4 is 11.6 Å². The summed E-state index contributed by atoms with van der Waals surface area (Å²) in [7, 11) is 0. The number of benzene rings is 1. The summed E-state index contributed by atoms with van der Waals surface area (Å²) in [5, 5.41) is 10.9. The third-order valence-corrected chi connectivity index (χ3v) is 3.40. The van der Waals surface area contributed by atoms with E-state index in [0.717, 1.165) is 12.8 Å². The van der Waals surface area contributed by atoms with Gasteiger partial charge in [0.25, 0.3) is 11.6 Å². The van der Waals surface area contributed by atoms with E-state index in [9.17, 15) is 14.9 Å². The molecule has 5 nitrogen and oxygen atoms in total. The quantitative estimate of drug-likeness (QED) is 0.596. The summed E-state index contributed by atoms with van der Waals surface area (Å²) in [5.74, 6) is 0.397. The first kappa shape index (κ1) is 12.5. The smallest absolute Gasteiger partial charge is 0.282 e. The van der Waals surface area contributed by atoms with Crippen molar-refractivity contribution in [3.8, 4) is 0 Å². The molecule has 1 aromatic carbocycles. The van der Waals surface area contributed by atoms with E-state index in [-0.39, 0.29) is 17.2 Å². The number of hydrogen-bond donors (Lipinski definition) is 0. The molecule has 0 aromatic heterocycles. The second kappa shape index (κ2) is 5.16. The van der Waals surface area contributed by atoms with Gasteiger partial charge in [-0.3, -0.25) is 14.9 Å². The largest absolute Gasteiger partial charge is 0.338 e. The van der Waals surface area contributed by atoms with Crippen LogP contribution >= 0.6 is 0 Å². The molecule has 1 fully saturated rings. The summed E-state index contributed by atoms with van der Waals surface area (Å²) in [6.45, 7) is 3.53. The maximum Gasteiger partial charge on any atom is 0.282 e. The number of para-hydroxylation sites is 1. The number of rotatable bonds is 2. The molecule has 1 aliphatic rings. The highest BCUT2D eigenvalue weighted by atomic mass is 16.6. The fourth-order valence-electron chi connectivity index (χ4n) is 2.20. The van der Waals surface area contributed by atoms with Gasteiger partial charge in [0.05, 0.1) is 4.92 Å². The van der Waals surface area contributed by atoms with Crippen molar-refractivity contribution in [2.45, 2.75) is 19.8 Å². The highest BCUT2D eigenvalue weighted by Crippen LogP contribution is 2.23. The number of amides is 1. The molecule has 1 saturated heterocycles. The Bertz CT molecular complexity index is 465. The van der Waals surface area contributed by atoms with E-state index in [1.165, 1.54) is 12.1 Å². The van der Waals surface area contributed by atoms with Gasteiger partial charge < -0.3 is 4.90 Å². The molecule has 1 amide bonds. The van der Waals surface area contributed by atoms with Crippen molar-refractivity contribution < 1.29 is 9.72 Å². The maximum absolute atomic E-state index is 12.3. The molecule has 0 saturated carbocycles. The first-order chi connectivity index (χ1) is 8.59. The average Bonchev–Trinajstić information content (AvgIpc) is 2.39. The fraction of sp³-hybridized carbons (Fsp3) is 0.462. The standard InChI is InChI=1S/C13H16N2O3/c1-10-6-8-14(9-7-10)13(16)11-4-2-3-5-12(11)15(17)18/h2-5,10H,6-9H2,1H3. The van der Waals surface area contributed by atoms with Crippen LogP contribution in [-0.2, 0) is 0 Å². The van der Waals surface area contributed by atoms with Crippen molar-refractivity contribution in [2.24, 2.45) is 5.92 Å². The first-order valence-corrected chi connectivity index (χ1v) is 6.12. The zero-order valence-electron chi connectivity index (χ0n) is 10.3. The van der Waals surface area contributed by atoms with Crippen LogP contribution < -0.4 is 0 Å². The van der Waals surface area contributed by atoms with Crippen LogP contribution in [0.1, 0.15) is 30.1 Å². The summed E-state index contributed by atoms with van der Waals surface area (Å²) >= 11 is 0. The Morgan fingerprint density at radius 3 is 2.56 bits per heavy atom. The van der Waals surface area contributed by atoms with Gasteiger partial charge in [0, 0.05) is 19.2 Å². The number of nitro groups is 1. The normalized spacial score (nSPS) is 16.6. The number of hydrogen-bond acceptors (Lipinski definition) is 3. The molecule has 1 aromatic rings. The van der Waals surface area contributed by atoms with Gasteiger partial charge in [-0.25, -0.2) is 0 Å². The van der Waals surface area contributed by atoms with E-state index < -0.39 is 4.92 Å². The van der Waals surface area contributed by atoms with E-state index in [1.807, 2.05) is 0 Å². The zero-order chi connectivity index (χ0) is 13.1. The molecule has 0 bridgehead atoms. The maximum atomic E-state index is 12.3. The Kier molecular flexibility index (Phi) is 3.60. The van der Waals surface area contributed by atoms with Crippen LogP contribution in [0.2, 0.25) is 0 Å². The SMILES string of the molecule is CC1CCN(C(=O)c2ccccc2[N+](=O)[O-])CC1. The molecule has 0 spiro atoms. The monoisotopic (exact) mass is 248 g/mol. The molecule has 0 unspecified atom stereocenters. The second-order valence-electron chi connectivity index (χ2n) is 4.75. The van der Waals surface area contributed by atoms with Gasteiger partial charge in [-0.05, 0) is 24.8 Å². The molecular weight excluding hydrogens is 232 g/mol. The fourth-order valence-corrected chi connectivity index (χ4v) is 2.20. The minimum atomic E-state index is -0.500. The lowest BCUT2D eigenvalue weighted by Gasteiger charge is -2.30. The Morgan fingerprint density at radius 2 is 1.94 bits per heavy atom. The number of carbonyl (C=O) groups excluding carboxylic acids is 1. The van der Waals surface area contributed by atoms with Crippen molar-refractivity contribution in [2.75, 3.05) is 13.1 Å². The second-order valence-corrected chi connectivity index (χ2v) is 4.75. The Labute approximate surface area is 106 Å². The van der Waals surface area contributed by atoms with Crippen LogP contribution in [0.5, 0.6) is 0 Å². The highest BCUT2D eigenvalue weighted by molar-refractivity contribution is 5.98. The Balaban J connectivity index is 2.21. The molecule has 5 heteroatoms. The molecule has 96 valence electrons. The predicted octanol–water partition coefficient (Wildman–Crippen LogP) is 2.47. The Hall–Kier alpha value is -1.91.